The van der Waals surface area contributed by atoms with Gasteiger partial charge in [0, 0.05) is 7.05 Å². The number of ether oxygens (including phenoxy) is 1. The molecule has 0 spiro atoms. The summed E-state index contributed by atoms with van der Waals surface area (Å²) in [5, 5.41) is 11.4. The minimum atomic E-state index is -0.629. The van der Waals surface area contributed by atoms with Gasteiger partial charge in [0.25, 0.3) is 5.91 Å². The Morgan fingerprint density at radius 2 is 2.31 bits per heavy atom. The van der Waals surface area contributed by atoms with Crippen LogP contribution in [0.3, 0.4) is 0 Å². The Balaban J connectivity index is 2.83. The molecule has 0 fully saturated rings. The Hall–Kier alpha value is -1.73. The lowest BCUT2D eigenvalue weighted by molar-refractivity contribution is -0.126. The molecule has 1 amide bonds. The first-order chi connectivity index (χ1) is 7.58. The van der Waals surface area contributed by atoms with Crippen LogP contribution in [0.15, 0.2) is 18.2 Å². The number of amides is 1. The molecular formula is C11H11ClN2O2. The van der Waals surface area contributed by atoms with Crippen LogP contribution in [-0.2, 0) is 4.79 Å². The SMILES string of the molecule is CNC(=O)C(C)Oc1ccc(C#N)cc1Cl. The summed E-state index contributed by atoms with van der Waals surface area (Å²) in [6.07, 6.45) is -0.629. The topological polar surface area (TPSA) is 62.1 Å². The summed E-state index contributed by atoms with van der Waals surface area (Å²) < 4.78 is 5.34. The third kappa shape index (κ3) is 2.88. The zero-order valence-electron chi connectivity index (χ0n) is 8.95. The highest BCUT2D eigenvalue weighted by molar-refractivity contribution is 6.32. The van der Waals surface area contributed by atoms with Gasteiger partial charge in [0.15, 0.2) is 6.10 Å². The maximum absolute atomic E-state index is 11.2. The van der Waals surface area contributed by atoms with Gasteiger partial charge in [-0.25, -0.2) is 0 Å². The number of carbonyl (C=O) groups is 1. The zero-order chi connectivity index (χ0) is 12.1. The lowest BCUT2D eigenvalue weighted by Crippen LogP contribution is -2.33. The number of carbonyl (C=O) groups excluding carboxylic acids is 1. The molecule has 0 saturated heterocycles. The van der Waals surface area contributed by atoms with Crippen molar-refractivity contribution in [1.82, 2.24) is 5.32 Å². The molecule has 0 radical (unpaired) electrons. The molecule has 0 saturated carbocycles. The molecule has 0 bridgehead atoms. The quantitative estimate of drug-likeness (QED) is 0.872. The number of nitrogens with zero attached hydrogens (tertiary/aromatic N) is 1. The molecule has 1 aromatic rings. The van der Waals surface area contributed by atoms with E-state index >= 15 is 0 Å². The van der Waals surface area contributed by atoms with E-state index in [9.17, 15) is 4.79 Å². The van der Waals surface area contributed by atoms with Gasteiger partial charge in [-0.15, -0.1) is 0 Å². The summed E-state index contributed by atoms with van der Waals surface area (Å²) in [7, 11) is 1.53. The van der Waals surface area contributed by atoms with Gasteiger partial charge in [-0.1, -0.05) is 11.6 Å². The third-order valence-electron chi connectivity index (χ3n) is 1.98. The van der Waals surface area contributed by atoms with Crippen LogP contribution in [-0.4, -0.2) is 19.1 Å². The number of hydrogen-bond donors (Lipinski definition) is 1. The van der Waals surface area contributed by atoms with Gasteiger partial charge in [0.2, 0.25) is 0 Å². The van der Waals surface area contributed by atoms with Gasteiger partial charge in [-0.2, -0.15) is 5.26 Å². The molecule has 0 aliphatic rings. The van der Waals surface area contributed by atoms with E-state index < -0.39 is 6.10 Å². The summed E-state index contributed by atoms with van der Waals surface area (Å²) in [6.45, 7) is 1.62. The molecule has 1 unspecified atom stereocenters. The van der Waals surface area contributed by atoms with Crippen molar-refractivity contribution in [2.75, 3.05) is 7.05 Å². The summed E-state index contributed by atoms with van der Waals surface area (Å²) in [5.41, 5.74) is 0.449. The highest BCUT2D eigenvalue weighted by atomic mass is 35.5. The average molecular weight is 239 g/mol. The van der Waals surface area contributed by atoms with Crippen LogP contribution < -0.4 is 10.1 Å². The van der Waals surface area contributed by atoms with Crippen molar-refractivity contribution in [3.05, 3.63) is 28.8 Å². The minimum Gasteiger partial charge on any atom is -0.479 e. The lowest BCUT2D eigenvalue weighted by atomic mass is 10.2. The fourth-order valence-electron chi connectivity index (χ4n) is 1.11. The van der Waals surface area contributed by atoms with Crippen LogP contribution in [0.5, 0.6) is 5.75 Å². The number of halogens is 1. The van der Waals surface area contributed by atoms with Gasteiger partial charge in [0.05, 0.1) is 16.7 Å². The van der Waals surface area contributed by atoms with Crippen molar-refractivity contribution < 1.29 is 9.53 Å². The van der Waals surface area contributed by atoms with Crippen molar-refractivity contribution in [3.8, 4) is 11.8 Å². The first-order valence-corrected chi connectivity index (χ1v) is 5.04. The Morgan fingerprint density at radius 3 is 2.81 bits per heavy atom. The molecule has 84 valence electrons. The van der Waals surface area contributed by atoms with Gasteiger partial charge >= 0.3 is 0 Å². The van der Waals surface area contributed by atoms with Crippen LogP contribution >= 0.6 is 11.6 Å². The molecule has 0 aromatic heterocycles. The second-order valence-electron chi connectivity index (χ2n) is 3.13. The van der Waals surface area contributed by atoms with Gasteiger partial charge in [-0.05, 0) is 25.1 Å². The van der Waals surface area contributed by atoms with Gasteiger partial charge in [0.1, 0.15) is 5.75 Å². The first-order valence-electron chi connectivity index (χ1n) is 4.66. The Labute approximate surface area is 98.8 Å². The van der Waals surface area contributed by atoms with E-state index in [2.05, 4.69) is 5.32 Å². The van der Waals surface area contributed by atoms with Gasteiger partial charge < -0.3 is 10.1 Å². The number of likely N-dealkylation sites (N-methyl/N-ethyl adjacent to an activating group) is 1. The van der Waals surface area contributed by atoms with E-state index in [1.54, 1.807) is 19.1 Å². The molecule has 0 aliphatic heterocycles. The van der Waals surface area contributed by atoms with Crippen LogP contribution in [0, 0.1) is 11.3 Å². The van der Waals surface area contributed by atoms with Crippen LogP contribution in [0.1, 0.15) is 12.5 Å². The second-order valence-corrected chi connectivity index (χ2v) is 3.54. The highest BCUT2D eigenvalue weighted by Gasteiger charge is 2.14. The molecule has 1 N–H and O–H groups in total. The molecule has 0 aliphatic carbocycles. The zero-order valence-corrected chi connectivity index (χ0v) is 9.71. The van der Waals surface area contributed by atoms with E-state index in [4.69, 9.17) is 21.6 Å². The predicted octanol–water partition coefficient (Wildman–Crippen LogP) is 1.72. The van der Waals surface area contributed by atoms with E-state index in [0.717, 1.165) is 0 Å². The standard InChI is InChI=1S/C11H11ClN2O2/c1-7(11(15)14-2)16-10-4-3-8(6-13)5-9(10)12/h3-5,7H,1-2H3,(H,14,15). The smallest absolute Gasteiger partial charge is 0.260 e. The molecule has 16 heavy (non-hydrogen) atoms. The molecule has 1 rings (SSSR count). The van der Waals surface area contributed by atoms with E-state index in [0.29, 0.717) is 16.3 Å². The maximum atomic E-state index is 11.2. The third-order valence-corrected chi connectivity index (χ3v) is 2.28. The first kappa shape index (κ1) is 12.3. The number of nitriles is 1. The molecule has 0 heterocycles. The highest BCUT2D eigenvalue weighted by Crippen LogP contribution is 2.26. The monoisotopic (exact) mass is 238 g/mol. The predicted molar refractivity (Wildman–Crippen MR) is 60.3 cm³/mol. The summed E-state index contributed by atoms with van der Waals surface area (Å²) >= 11 is 5.89. The van der Waals surface area contributed by atoms with Crippen LogP contribution in [0.2, 0.25) is 5.02 Å². The fraction of sp³-hybridized carbons (Fsp3) is 0.273. The number of nitrogens with one attached hydrogen (secondary N) is 1. The van der Waals surface area contributed by atoms with Crippen molar-refractivity contribution in [1.29, 1.82) is 5.26 Å². The molecule has 1 aromatic carbocycles. The van der Waals surface area contributed by atoms with Gasteiger partial charge in [-0.3, -0.25) is 4.79 Å². The summed E-state index contributed by atoms with van der Waals surface area (Å²) in [5.74, 6) is 0.150. The van der Waals surface area contributed by atoms with Crippen LogP contribution in [0.4, 0.5) is 0 Å². The van der Waals surface area contributed by atoms with Crippen molar-refractivity contribution >= 4 is 17.5 Å². The number of rotatable bonds is 3. The largest absolute Gasteiger partial charge is 0.479 e. The van der Waals surface area contributed by atoms with Crippen LogP contribution in [0.25, 0.3) is 0 Å². The molecular weight excluding hydrogens is 228 g/mol. The van der Waals surface area contributed by atoms with Crippen molar-refractivity contribution in [2.24, 2.45) is 0 Å². The second kappa shape index (κ2) is 5.38. The fourth-order valence-corrected chi connectivity index (χ4v) is 1.34. The lowest BCUT2D eigenvalue weighted by Gasteiger charge is -2.14. The average Bonchev–Trinajstić information content (AvgIpc) is 2.30. The van der Waals surface area contributed by atoms with E-state index in [1.807, 2.05) is 6.07 Å². The van der Waals surface area contributed by atoms with Crippen molar-refractivity contribution in [2.45, 2.75) is 13.0 Å². The maximum Gasteiger partial charge on any atom is 0.260 e. The van der Waals surface area contributed by atoms with E-state index in [-0.39, 0.29) is 5.91 Å². The number of hydrogen-bond acceptors (Lipinski definition) is 3. The molecule has 1 atom stereocenters. The Kier molecular flexibility index (Phi) is 4.15. The molecule has 4 nitrogen and oxygen atoms in total. The normalized spacial score (nSPS) is 11.4. The molecule has 5 heteroatoms. The van der Waals surface area contributed by atoms with E-state index in [1.165, 1.54) is 13.1 Å². The summed E-state index contributed by atoms with van der Waals surface area (Å²) in [6, 6.07) is 6.61. The van der Waals surface area contributed by atoms with Crippen molar-refractivity contribution in [3.63, 3.8) is 0 Å². The summed E-state index contributed by atoms with van der Waals surface area (Å²) in [4.78, 5) is 11.2. The Morgan fingerprint density at radius 1 is 1.62 bits per heavy atom. The Bertz CT molecular complexity index is 440. The number of benzene rings is 1. The minimum absolute atomic E-state index is 0.236.